The largest absolute Gasteiger partial charge is 0.335 e. The number of aromatic nitrogens is 2. The molecule has 0 saturated heterocycles. The van der Waals surface area contributed by atoms with E-state index < -0.39 is 0 Å². The van der Waals surface area contributed by atoms with Crippen molar-refractivity contribution in [2.75, 3.05) is 0 Å². The fourth-order valence-electron chi connectivity index (χ4n) is 1.21. The van der Waals surface area contributed by atoms with Gasteiger partial charge in [-0.25, -0.2) is 4.98 Å². The van der Waals surface area contributed by atoms with Crippen LogP contribution in [0, 0.1) is 0 Å². The van der Waals surface area contributed by atoms with Crippen molar-refractivity contribution in [2.45, 2.75) is 0 Å². The summed E-state index contributed by atoms with van der Waals surface area (Å²) in [5.41, 5.74) is 0.751. The summed E-state index contributed by atoms with van der Waals surface area (Å²) in [5, 5.41) is 0.669. The summed E-state index contributed by atoms with van der Waals surface area (Å²) < 4.78 is 1.83. The van der Waals surface area contributed by atoms with Gasteiger partial charge in [-0.1, -0.05) is 0 Å². The Kier molecular flexibility index (Phi) is 1.43. The zero-order chi connectivity index (χ0) is 8.55. The van der Waals surface area contributed by atoms with E-state index in [0.29, 0.717) is 5.39 Å². The van der Waals surface area contributed by atoms with Crippen LogP contribution in [0.4, 0.5) is 0 Å². The van der Waals surface area contributed by atoms with E-state index in [1.54, 1.807) is 30.6 Å². The van der Waals surface area contributed by atoms with E-state index in [0.717, 1.165) is 5.65 Å². The van der Waals surface area contributed by atoms with Crippen LogP contribution in [0.2, 0.25) is 0 Å². The molecule has 2 heterocycles. The van der Waals surface area contributed by atoms with Gasteiger partial charge in [-0.15, -0.1) is 0 Å². The Morgan fingerprint density at radius 3 is 3.00 bits per heavy atom. The molecule has 0 aliphatic rings. The van der Waals surface area contributed by atoms with Crippen LogP contribution in [0.25, 0.3) is 11.0 Å². The SMILES string of the molecule is Cn1ccc(=O)c2cccnc21. The average molecular weight is 160 g/mol. The van der Waals surface area contributed by atoms with Crippen molar-refractivity contribution in [2.24, 2.45) is 7.05 Å². The first-order valence-corrected chi connectivity index (χ1v) is 3.69. The van der Waals surface area contributed by atoms with Gasteiger partial charge in [-0.05, 0) is 12.1 Å². The minimum Gasteiger partial charge on any atom is -0.335 e. The Balaban J connectivity index is 3.05. The molecule has 0 aromatic carbocycles. The highest BCUT2D eigenvalue weighted by molar-refractivity contribution is 5.74. The molecule has 0 aliphatic carbocycles. The molecule has 3 heteroatoms. The monoisotopic (exact) mass is 160 g/mol. The highest BCUT2D eigenvalue weighted by Gasteiger charge is 1.98. The predicted molar refractivity (Wildman–Crippen MR) is 47.0 cm³/mol. The van der Waals surface area contributed by atoms with Crippen molar-refractivity contribution >= 4 is 11.0 Å². The second kappa shape index (κ2) is 2.44. The molecule has 60 valence electrons. The van der Waals surface area contributed by atoms with Crippen molar-refractivity contribution in [1.29, 1.82) is 0 Å². The molecule has 0 N–H and O–H groups in total. The second-order valence-electron chi connectivity index (χ2n) is 2.67. The molecular formula is C9H8N2O. The van der Waals surface area contributed by atoms with Crippen LogP contribution >= 0.6 is 0 Å². The molecule has 2 rings (SSSR count). The Morgan fingerprint density at radius 1 is 1.42 bits per heavy atom. The maximum absolute atomic E-state index is 11.3. The molecule has 2 aromatic heterocycles. The standard InChI is InChI=1S/C9H8N2O/c1-11-6-4-8(12)7-3-2-5-10-9(7)11/h2-6H,1H3. The normalized spacial score (nSPS) is 10.4. The van der Waals surface area contributed by atoms with E-state index in [4.69, 9.17) is 0 Å². The molecule has 0 unspecified atom stereocenters. The number of rotatable bonds is 0. The van der Waals surface area contributed by atoms with Crippen LogP contribution in [-0.4, -0.2) is 9.55 Å². The molecule has 12 heavy (non-hydrogen) atoms. The van der Waals surface area contributed by atoms with Gasteiger partial charge in [0.1, 0.15) is 5.65 Å². The van der Waals surface area contributed by atoms with Crippen molar-refractivity contribution in [3.05, 3.63) is 40.8 Å². The van der Waals surface area contributed by atoms with E-state index >= 15 is 0 Å². The zero-order valence-corrected chi connectivity index (χ0v) is 6.69. The molecular weight excluding hydrogens is 152 g/mol. The molecule has 0 aliphatic heterocycles. The zero-order valence-electron chi connectivity index (χ0n) is 6.69. The van der Waals surface area contributed by atoms with E-state index in [-0.39, 0.29) is 5.43 Å². The van der Waals surface area contributed by atoms with Gasteiger partial charge >= 0.3 is 0 Å². The minimum atomic E-state index is 0.0243. The first-order chi connectivity index (χ1) is 5.79. The molecule has 0 amide bonds. The Morgan fingerprint density at radius 2 is 2.25 bits per heavy atom. The van der Waals surface area contributed by atoms with E-state index in [2.05, 4.69) is 4.98 Å². The maximum Gasteiger partial charge on any atom is 0.191 e. The van der Waals surface area contributed by atoms with Gasteiger partial charge in [0.05, 0.1) is 5.39 Å². The summed E-state index contributed by atoms with van der Waals surface area (Å²) in [6.07, 6.45) is 3.40. The van der Waals surface area contributed by atoms with Crippen molar-refractivity contribution in [3.8, 4) is 0 Å². The van der Waals surface area contributed by atoms with Crippen LogP contribution in [0.3, 0.4) is 0 Å². The number of fused-ring (bicyclic) bond motifs is 1. The molecule has 0 radical (unpaired) electrons. The lowest BCUT2D eigenvalue weighted by atomic mass is 10.3. The highest BCUT2D eigenvalue weighted by Crippen LogP contribution is 2.02. The summed E-state index contributed by atoms with van der Waals surface area (Å²) in [7, 11) is 1.87. The van der Waals surface area contributed by atoms with Crippen LogP contribution in [0.15, 0.2) is 35.4 Å². The summed E-state index contributed by atoms with van der Waals surface area (Å²) >= 11 is 0. The number of pyridine rings is 2. The predicted octanol–water partition coefficient (Wildman–Crippen LogP) is 0.933. The van der Waals surface area contributed by atoms with Gasteiger partial charge in [0.2, 0.25) is 0 Å². The van der Waals surface area contributed by atoms with Gasteiger partial charge in [-0.2, -0.15) is 0 Å². The van der Waals surface area contributed by atoms with Crippen LogP contribution in [-0.2, 0) is 7.05 Å². The van der Waals surface area contributed by atoms with E-state index in [9.17, 15) is 4.79 Å². The minimum absolute atomic E-state index is 0.0243. The third-order valence-corrected chi connectivity index (χ3v) is 1.84. The van der Waals surface area contributed by atoms with Crippen molar-refractivity contribution in [3.63, 3.8) is 0 Å². The van der Waals surface area contributed by atoms with Gasteiger partial charge in [0.25, 0.3) is 0 Å². The van der Waals surface area contributed by atoms with Gasteiger partial charge < -0.3 is 4.57 Å². The van der Waals surface area contributed by atoms with Gasteiger partial charge in [0.15, 0.2) is 5.43 Å². The Hall–Kier alpha value is -1.64. The lowest BCUT2D eigenvalue weighted by molar-refractivity contribution is 0.929. The van der Waals surface area contributed by atoms with Crippen LogP contribution in [0.5, 0.6) is 0 Å². The first-order valence-electron chi connectivity index (χ1n) is 3.69. The topological polar surface area (TPSA) is 34.9 Å². The van der Waals surface area contributed by atoms with Gasteiger partial charge in [-0.3, -0.25) is 4.79 Å². The molecule has 0 atom stereocenters. The van der Waals surface area contributed by atoms with Crippen LogP contribution < -0.4 is 5.43 Å². The Bertz CT molecular complexity index is 473. The summed E-state index contributed by atoms with van der Waals surface area (Å²) in [6.45, 7) is 0. The summed E-state index contributed by atoms with van der Waals surface area (Å²) in [6, 6.07) is 5.10. The Labute approximate surface area is 69.3 Å². The third-order valence-electron chi connectivity index (χ3n) is 1.84. The number of hydrogen-bond acceptors (Lipinski definition) is 2. The molecule has 2 aromatic rings. The third kappa shape index (κ3) is 0.906. The van der Waals surface area contributed by atoms with Crippen molar-refractivity contribution < 1.29 is 0 Å². The molecule has 0 spiro atoms. The lowest BCUT2D eigenvalue weighted by Gasteiger charge is -2.00. The van der Waals surface area contributed by atoms with Gasteiger partial charge in [0, 0.05) is 25.5 Å². The second-order valence-corrected chi connectivity index (χ2v) is 2.67. The average Bonchev–Trinajstić information content (AvgIpc) is 2.12. The number of hydrogen-bond donors (Lipinski definition) is 0. The molecule has 0 fully saturated rings. The lowest BCUT2D eigenvalue weighted by Crippen LogP contribution is -2.05. The maximum atomic E-state index is 11.3. The summed E-state index contributed by atoms with van der Waals surface area (Å²) in [5.74, 6) is 0. The quantitative estimate of drug-likeness (QED) is 0.574. The van der Waals surface area contributed by atoms with Crippen LogP contribution in [0.1, 0.15) is 0 Å². The van der Waals surface area contributed by atoms with E-state index in [1.165, 1.54) is 0 Å². The van der Waals surface area contributed by atoms with E-state index in [1.807, 2.05) is 11.6 Å². The molecule has 0 bridgehead atoms. The fraction of sp³-hybridized carbons (Fsp3) is 0.111. The van der Waals surface area contributed by atoms with Crippen molar-refractivity contribution in [1.82, 2.24) is 9.55 Å². The molecule has 3 nitrogen and oxygen atoms in total. The first kappa shape index (κ1) is 7.03. The molecule has 0 saturated carbocycles. The summed E-state index contributed by atoms with van der Waals surface area (Å²) in [4.78, 5) is 15.4. The highest BCUT2D eigenvalue weighted by atomic mass is 16.1. The smallest absolute Gasteiger partial charge is 0.191 e. The number of aryl methyl sites for hydroxylation is 1. The number of nitrogens with zero attached hydrogens (tertiary/aromatic N) is 2. The fourth-order valence-corrected chi connectivity index (χ4v) is 1.21.